The van der Waals surface area contributed by atoms with Crippen LogP contribution in [0.5, 0.6) is 5.75 Å². The molecule has 1 N–H and O–H groups in total. The Morgan fingerprint density at radius 2 is 2.10 bits per heavy atom. The molecule has 0 amide bonds. The van der Waals surface area contributed by atoms with E-state index in [9.17, 15) is 14.9 Å². The average Bonchev–Trinajstić information content (AvgIpc) is 2.42. The number of carbonyl (C=O) groups is 1. The molecule has 0 saturated carbocycles. The lowest BCUT2D eigenvalue weighted by Gasteiger charge is -2.07. The maximum Gasteiger partial charge on any atom is 0.342 e. The SMILES string of the molecule is CCCCOCCOc1ccc([N+](=O)[O-])c(C(=O)O)c1. The topological polar surface area (TPSA) is 98.9 Å². The second-order valence-corrected chi connectivity index (χ2v) is 4.06. The molecule has 0 saturated heterocycles. The van der Waals surface area contributed by atoms with Crippen molar-refractivity contribution >= 4 is 11.7 Å². The quantitative estimate of drug-likeness (QED) is 0.424. The first-order chi connectivity index (χ1) is 9.56. The van der Waals surface area contributed by atoms with Crippen LogP contribution in [0.3, 0.4) is 0 Å². The van der Waals surface area contributed by atoms with E-state index in [0.29, 0.717) is 13.2 Å². The van der Waals surface area contributed by atoms with Crippen LogP contribution >= 0.6 is 0 Å². The van der Waals surface area contributed by atoms with Gasteiger partial charge >= 0.3 is 5.97 Å². The van der Waals surface area contributed by atoms with Gasteiger partial charge in [-0.05, 0) is 12.5 Å². The molecule has 1 aromatic rings. The molecule has 0 atom stereocenters. The van der Waals surface area contributed by atoms with Crippen LogP contribution in [0.2, 0.25) is 0 Å². The number of hydrogen-bond donors (Lipinski definition) is 1. The van der Waals surface area contributed by atoms with Gasteiger partial charge in [0, 0.05) is 18.7 Å². The summed E-state index contributed by atoms with van der Waals surface area (Å²) in [4.78, 5) is 20.9. The van der Waals surface area contributed by atoms with Gasteiger partial charge in [-0.2, -0.15) is 0 Å². The molecular weight excluding hydrogens is 266 g/mol. The van der Waals surface area contributed by atoms with Gasteiger partial charge in [-0.25, -0.2) is 4.79 Å². The maximum absolute atomic E-state index is 10.9. The second kappa shape index (κ2) is 8.11. The van der Waals surface area contributed by atoms with E-state index in [1.165, 1.54) is 6.07 Å². The maximum atomic E-state index is 10.9. The normalized spacial score (nSPS) is 10.2. The Morgan fingerprint density at radius 3 is 2.70 bits per heavy atom. The van der Waals surface area contributed by atoms with Crippen molar-refractivity contribution in [1.29, 1.82) is 0 Å². The molecule has 0 bridgehead atoms. The Balaban J connectivity index is 2.57. The van der Waals surface area contributed by atoms with Crippen molar-refractivity contribution in [2.24, 2.45) is 0 Å². The summed E-state index contributed by atoms with van der Waals surface area (Å²) in [5, 5.41) is 19.6. The number of hydrogen-bond acceptors (Lipinski definition) is 5. The summed E-state index contributed by atoms with van der Waals surface area (Å²) in [5.41, 5.74) is -0.844. The number of benzene rings is 1. The van der Waals surface area contributed by atoms with Crippen molar-refractivity contribution in [3.05, 3.63) is 33.9 Å². The summed E-state index contributed by atoms with van der Waals surface area (Å²) in [6.07, 6.45) is 2.02. The number of nitro groups is 1. The Bertz CT molecular complexity index is 474. The molecule has 0 unspecified atom stereocenters. The average molecular weight is 283 g/mol. The summed E-state index contributed by atoms with van der Waals surface area (Å²) >= 11 is 0. The highest BCUT2D eigenvalue weighted by atomic mass is 16.6. The number of nitrogens with zero attached hydrogens (tertiary/aromatic N) is 1. The van der Waals surface area contributed by atoms with Gasteiger partial charge in [-0.1, -0.05) is 13.3 Å². The molecule has 0 heterocycles. The van der Waals surface area contributed by atoms with E-state index in [1.54, 1.807) is 0 Å². The molecule has 7 nitrogen and oxygen atoms in total. The monoisotopic (exact) mass is 283 g/mol. The summed E-state index contributed by atoms with van der Waals surface area (Å²) < 4.78 is 10.6. The molecule has 0 spiro atoms. The molecule has 110 valence electrons. The number of nitro benzene ring substituents is 1. The molecule has 0 radical (unpaired) electrons. The van der Waals surface area contributed by atoms with Crippen LogP contribution in [-0.2, 0) is 4.74 Å². The van der Waals surface area contributed by atoms with Crippen molar-refractivity contribution in [3.8, 4) is 5.75 Å². The minimum atomic E-state index is -1.36. The van der Waals surface area contributed by atoms with E-state index in [-0.39, 0.29) is 17.9 Å². The van der Waals surface area contributed by atoms with Crippen LogP contribution < -0.4 is 4.74 Å². The molecule has 20 heavy (non-hydrogen) atoms. The molecule has 0 aliphatic rings. The summed E-state index contributed by atoms with van der Waals surface area (Å²) in [6, 6.07) is 3.64. The fourth-order valence-electron chi connectivity index (χ4n) is 1.50. The van der Waals surface area contributed by atoms with Gasteiger partial charge in [0.25, 0.3) is 5.69 Å². The summed E-state index contributed by atoms with van der Waals surface area (Å²) in [5.74, 6) is -1.09. The second-order valence-electron chi connectivity index (χ2n) is 4.06. The molecule has 0 aromatic heterocycles. The van der Waals surface area contributed by atoms with Crippen LogP contribution in [-0.4, -0.2) is 35.8 Å². The number of carboxylic acids is 1. The highest BCUT2D eigenvalue weighted by Crippen LogP contribution is 2.24. The standard InChI is InChI=1S/C13H17NO6/c1-2-3-6-19-7-8-20-10-4-5-12(14(17)18)11(9-10)13(15)16/h4-5,9H,2-3,6-8H2,1H3,(H,15,16). The van der Waals surface area contributed by atoms with Crippen molar-refractivity contribution < 1.29 is 24.3 Å². The third-order valence-corrected chi connectivity index (χ3v) is 2.53. The number of carboxylic acid groups (broad SMARTS) is 1. The van der Waals surface area contributed by atoms with Gasteiger partial charge in [0.2, 0.25) is 0 Å². The number of aromatic carboxylic acids is 1. The van der Waals surface area contributed by atoms with Crippen LogP contribution in [0.1, 0.15) is 30.1 Å². The lowest BCUT2D eigenvalue weighted by atomic mass is 10.1. The van der Waals surface area contributed by atoms with Gasteiger partial charge in [-0.15, -0.1) is 0 Å². The first kappa shape index (κ1) is 15.9. The van der Waals surface area contributed by atoms with Gasteiger partial charge < -0.3 is 14.6 Å². The van der Waals surface area contributed by atoms with Gasteiger partial charge in [0.1, 0.15) is 17.9 Å². The molecule has 0 aliphatic carbocycles. The zero-order chi connectivity index (χ0) is 15.0. The number of rotatable bonds is 9. The van der Waals surface area contributed by atoms with Gasteiger partial charge in [0.15, 0.2) is 0 Å². The Labute approximate surface area is 116 Å². The van der Waals surface area contributed by atoms with Crippen LogP contribution in [0.25, 0.3) is 0 Å². The summed E-state index contributed by atoms with van der Waals surface area (Å²) in [6.45, 7) is 3.37. The Hall–Kier alpha value is -2.15. The van der Waals surface area contributed by atoms with Gasteiger partial charge in [-0.3, -0.25) is 10.1 Å². The minimum absolute atomic E-state index is 0.264. The predicted octanol–water partition coefficient (Wildman–Crippen LogP) is 2.49. The Kier molecular flexibility index (Phi) is 6.45. The number of ether oxygens (including phenoxy) is 2. The highest BCUT2D eigenvalue weighted by molar-refractivity contribution is 5.92. The summed E-state index contributed by atoms with van der Waals surface area (Å²) in [7, 11) is 0. The van der Waals surface area contributed by atoms with E-state index in [1.807, 2.05) is 0 Å². The molecule has 0 fully saturated rings. The number of unbranched alkanes of at least 4 members (excludes halogenated alkanes) is 1. The van der Waals surface area contributed by atoms with Crippen molar-refractivity contribution in [2.75, 3.05) is 19.8 Å². The Morgan fingerprint density at radius 1 is 1.35 bits per heavy atom. The lowest BCUT2D eigenvalue weighted by molar-refractivity contribution is -0.385. The predicted molar refractivity (Wildman–Crippen MR) is 71.3 cm³/mol. The largest absolute Gasteiger partial charge is 0.491 e. The van der Waals surface area contributed by atoms with E-state index in [2.05, 4.69) is 6.92 Å². The lowest BCUT2D eigenvalue weighted by Crippen LogP contribution is -2.08. The smallest absolute Gasteiger partial charge is 0.342 e. The van der Waals surface area contributed by atoms with Crippen molar-refractivity contribution in [2.45, 2.75) is 19.8 Å². The zero-order valence-corrected chi connectivity index (χ0v) is 11.2. The first-order valence-electron chi connectivity index (χ1n) is 6.28. The van der Waals surface area contributed by atoms with Crippen LogP contribution in [0.4, 0.5) is 5.69 Å². The first-order valence-corrected chi connectivity index (χ1v) is 6.28. The third-order valence-electron chi connectivity index (χ3n) is 2.53. The van der Waals surface area contributed by atoms with E-state index in [0.717, 1.165) is 25.0 Å². The molecule has 1 aromatic carbocycles. The molecule has 1 rings (SSSR count). The minimum Gasteiger partial charge on any atom is -0.491 e. The third kappa shape index (κ3) is 4.85. The van der Waals surface area contributed by atoms with E-state index in [4.69, 9.17) is 14.6 Å². The fraction of sp³-hybridized carbons (Fsp3) is 0.462. The van der Waals surface area contributed by atoms with E-state index < -0.39 is 16.6 Å². The van der Waals surface area contributed by atoms with Crippen LogP contribution in [0.15, 0.2) is 18.2 Å². The van der Waals surface area contributed by atoms with Crippen LogP contribution in [0, 0.1) is 10.1 Å². The molecule has 0 aliphatic heterocycles. The zero-order valence-electron chi connectivity index (χ0n) is 11.2. The molecule has 7 heteroatoms. The van der Waals surface area contributed by atoms with E-state index >= 15 is 0 Å². The van der Waals surface area contributed by atoms with Crippen molar-refractivity contribution in [1.82, 2.24) is 0 Å². The fourth-order valence-corrected chi connectivity index (χ4v) is 1.50. The molecular formula is C13H17NO6. The highest BCUT2D eigenvalue weighted by Gasteiger charge is 2.20. The van der Waals surface area contributed by atoms with Crippen molar-refractivity contribution in [3.63, 3.8) is 0 Å². The van der Waals surface area contributed by atoms with Gasteiger partial charge in [0.05, 0.1) is 11.5 Å².